The molecule has 1 aromatic rings. The number of rotatable bonds is 3. The average molecular weight is 285 g/mol. The van der Waals surface area contributed by atoms with Crippen molar-refractivity contribution in [3.63, 3.8) is 0 Å². The first kappa shape index (κ1) is 11.4. The Hall–Kier alpha value is -1.10. The van der Waals surface area contributed by atoms with Gasteiger partial charge in [0.05, 0.1) is 5.54 Å². The molecule has 1 heterocycles. The van der Waals surface area contributed by atoms with Gasteiger partial charge in [0.1, 0.15) is 0 Å². The number of hydrogen-bond acceptors (Lipinski definition) is 2. The van der Waals surface area contributed by atoms with Crippen LogP contribution in [0, 0.1) is 0 Å². The molecular formula is C11H13BrN2O2. The third kappa shape index (κ3) is 2.19. The molecule has 1 fully saturated rings. The Kier molecular flexibility index (Phi) is 3.14. The lowest BCUT2D eigenvalue weighted by Gasteiger charge is -2.41. The van der Waals surface area contributed by atoms with Crippen LogP contribution < -0.4 is 10.9 Å². The van der Waals surface area contributed by atoms with Gasteiger partial charge in [-0.15, -0.1) is 0 Å². The number of pyridine rings is 1. The summed E-state index contributed by atoms with van der Waals surface area (Å²) in [5.41, 5.74) is 0.0461. The zero-order chi connectivity index (χ0) is 11.6. The van der Waals surface area contributed by atoms with Crippen molar-refractivity contribution in [1.82, 2.24) is 10.3 Å². The molecule has 0 spiro atoms. The number of H-pyrrole nitrogens is 1. The summed E-state index contributed by atoms with van der Waals surface area (Å²) in [4.78, 5) is 25.4. The van der Waals surface area contributed by atoms with E-state index in [-0.39, 0.29) is 17.0 Å². The molecule has 16 heavy (non-hydrogen) atoms. The fourth-order valence-corrected chi connectivity index (χ4v) is 2.50. The van der Waals surface area contributed by atoms with Gasteiger partial charge in [0.2, 0.25) is 5.56 Å². The molecule has 0 radical (unpaired) electrons. The second-order valence-electron chi connectivity index (χ2n) is 4.16. The zero-order valence-electron chi connectivity index (χ0n) is 8.75. The molecule has 0 bridgehead atoms. The zero-order valence-corrected chi connectivity index (χ0v) is 10.3. The Labute approximate surface area is 102 Å². The largest absolute Gasteiger partial charge is 0.346 e. The lowest BCUT2D eigenvalue weighted by Crippen LogP contribution is -2.54. The summed E-state index contributed by atoms with van der Waals surface area (Å²) in [7, 11) is 0. The standard InChI is InChI=1S/C11H13BrN2O2/c12-7-11(3-1-4-11)14-10(16)8-2-5-13-9(15)6-8/h2,5-6H,1,3-4,7H2,(H,13,15)(H,14,16). The van der Waals surface area contributed by atoms with E-state index in [1.54, 1.807) is 6.07 Å². The lowest BCUT2D eigenvalue weighted by atomic mass is 9.78. The highest BCUT2D eigenvalue weighted by Gasteiger charge is 2.37. The summed E-state index contributed by atoms with van der Waals surface area (Å²) < 4.78 is 0. The van der Waals surface area contributed by atoms with Crippen molar-refractivity contribution in [2.24, 2.45) is 0 Å². The Morgan fingerprint density at radius 1 is 1.56 bits per heavy atom. The highest BCUT2D eigenvalue weighted by molar-refractivity contribution is 9.09. The molecule has 86 valence electrons. The van der Waals surface area contributed by atoms with Crippen LogP contribution in [-0.4, -0.2) is 21.8 Å². The molecule has 2 N–H and O–H groups in total. The first-order valence-electron chi connectivity index (χ1n) is 5.22. The average Bonchev–Trinajstić information content (AvgIpc) is 2.23. The van der Waals surface area contributed by atoms with Crippen molar-refractivity contribution >= 4 is 21.8 Å². The van der Waals surface area contributed by atoms with Crippen LogP contribution in [0.2, 0.25) is 0 Å². The van der Waals surface area contributed by atoms with Crippen molar-refractivity contribution < 1.29 is 4.79 Å². The van der Waals surface area contributed by atoms with Gasteiger partial charge in [-0.2, -0.15) is 0 Å². The van der Waals surface area contributed by atoms with Crippen molar-refractivity contribution in [2.45, 2.75) is 24.8 Å². The van der Waals surface area contributed by atoms with Crippen LogP contribution in [-0.2, 0) is 0 Å². The first-order chi connectivity index (χ1) is 7.65. The fourth-order valence-electron chi connectivity index (χ4n) is 1.79. The van der Waals surface area contributed by atoms with Gasteiger partial charge in [0.25, 0.3) is 5.91 Å². The topological polar surface area (TPSA) is 62.0 Å². The number of hydrogen-bond donors (Lipinski definition) is 2. The number of alkyl halides is 1. The summed E-state index contributed by atoms with van der Waals surface area (Å²) in [5, 5.41) is 3.74. The van der Waals surface area contributed by atoms with E-state index in [0.29, 0.717) is 5.56 Å². The second kappa shape index (κ2) is 4.41. The molecular weight excluding hydrogens is 272 g/mol. The van der Waals surface area contributed by atoms with Crippen molar-refractivity contribution in [3.05, 3.63) is 34.2 Å². The Bertz CT molecular complexity index is 446. The van der Waals surface area contributed by atoms with Crippen LogP contribution >= 0.6 is 15.9 Å². The Morgan fingerprint density at radius 2 is 2.31 bits per heavy atom. The van der Waals surface area contributed by atoms with Gasteiger partial charge in [-0.05, 0) is 25.3 Å². The maximum Gasteiger partial charge on any atom is 0.251 e. The van der Waals surface area contributed by atoms with E-state index in [9.17, 15) is 9.59 Å². The van der Waals surface area contributed by atoms with Crippen LogP contribution in [0.15, 0.2) is 23.1 Å². The molecule has 5 heteroatoms. The Balaban J connectivity index is 2.11. The molecule has 1 saturated carbocycles. The highest BCUT2D eigenvalue weighted by atomic mass is 79.9. The molecule has 0 aliphatic heterocycles. The van der Waals surface area contributed by atoms with E-state index in [2.05, 4.69) is 26.2 Å². The molecule has 0 saturated heterocycles. The van der Waals surface area contributed by atoms with Crippen molar-refractivity contribution in [1.29, 1.82) is 0 Å². The summed E-state index contributed by atoms with van der Waals surface area (Å²) in [6.45, 7) is 0. The minimum Gasteiger partial charge on any atom is -0.346 e. The SMILES string of the molecule is O=C(NC1(CBr)CCC1)c1cc[nH]c(=O)c1. The van der Waals surface area contributed by atoms with Gasteiger partial charge < -0.3 is 10.3 Å². The fraction of sp³-hybridized carbons (Fsp3) is 0.455. The lowest BCUT2D eigenvalue weighted by molar-refractivity contribution is 0.0856. The summed E-state index contributed by atoms with van der Waals surface area (Å²) in [5.74, 6) is -0.176. The molecule has 1 amide bonds. The maximum absolute atomic E-state index is 11.9. The van der Waals surface area contributed by atoms with Gasteiger partial charge in [-0.25, -0.2) is 0 Å². The van der Waals surface area contributed by atoms with Crippen LogP contribution in [0.1, 0.15) is 29.6 Å². The molecule has 0 unspecified atom stereocenters. The van der Waals surface area contributed by atoms with Crippen LogP contribution in [0.25, 0.3) is 0 Å². The third-order valence-electron chi connectivity index (χ3n) is 2.98. The van der Waals surface area contributed by atoms with Gasteiger partial charge in [-0.3, -0.25) is 9.59 Å². The van der Waals surface area contributed by atoms with E-state index in [1.165, 1.54) is 12.3 Å². The van der Waals surface area contributed by atoms with E-state index in [0.717, 1.165) is 24.6 Å². The quantitative estimate of drug-likeness (QED) is 0.825. The summed E-state index contributed by atoms with van der Waals surface area (Å²) in [6.07, 6.45) is 4.61. The summed E-state index contributed by atoms with van der Waals surface area (Å²) in [6, 6.07) is 2.92. The number of nitrogens with one attached hydrogen (secondary N) is 2. The number of carbonyl (C=O) groups is 1. The molecule has 0 atom stereocenters. The van der Waals surface area contributed by atoms with Gasteiger partial charge in [0, 0.05) is 23.2 Å². The number of amides is 1. The smallest absolute Gasteiger partial charge is 0.251 e. The number of halogens is 1. The molecule has 1 aliphatic rings. The van der Waals surface area contributed by atoms with Crippen LogP contribution in [0.5, 0.6) is 0 Å². The second-order valence-corrected chi connectivity index (χ2v) is 4.72. The molecule has 0 aromatic carbocycles. The minimum absolute atomic E-state index is 0.111. The number of aromatic amines is 1. The van der Waals surface area contributed by atoms with Crippen LogP contribution in [0.3, 0.4) is 0 Å². The third-order valence-corrected chi connectivity index (χ3v) is 4.06. The summed E-state index contributed by atoms with van der Waals surface area (Å²) >= 11 is 3.42. The first-order valence-corrected chi connectivity index (χ1v) is 6.35. The van der Waals surface area contributed by atoms with Crippen molar-refractivity contribution in [2.75, 3.05) is 5.33 Å². The van der Waals surface area contributed by atoms with E-state index in [1.807, 2.05) is 0 Å². The van der Waals surface area contributed by atoms with E-state index < -0.39 is 0 Å². The highest BCUT2D eigenvalue weighted by Crippen LogP contribution is 2.33. The maximum atomic E-state index is 11.9. The van der Waals surface area contributed by atoms with Crippen molar-refractivity contribution in [3.8, 4) is 0 Å². The van der Waals surface area contributed by atoms with E-state index >= 15 is 0 Å². The molecule has 1 aromatic heterocycles. The van der Waals surface area contributed by atoms with E-state index in [4.69, 9.17) is 0 Å². The normalized spacial score (nSPS) is 17.6. The van der Waals surface area contributed by atoms with Gasteiger partial charge in [0.15, 0.2) is 0 Å². The van der Waals surface area contributed by atoms with Crippen LogP contribution in [0.4, 0.5) is 0 Å². The molecule has 4 nitrogen and oxygen atoms in total. The van der Waals surface area contributed by atoms with Gasteiger partial charge >= 0.3 is 0 Å². The molecule has 1 aliphatic carbocycles. The minimum atomic E-state index is -0.255. The molecule has 2 rings (SSSR count). The predicted octanol–water partition coefficient (Wildman–Crippen LogP) is 1.42. The van der Waals surface area contributed by atoms with Gasteiger partial charge in [-0.1, -0.05) is 15.9 Å². The number of carbonyl (C=O) groups excluding carboxylic acids is 1. The predicted molar refractivity (Wildman–Crippen MR) is 64.9 cm³/mol. The Morgan fingerprint density at radius 3 is 2.81 bits per heavy atom. The number of aromatic nitrogens is 1. The monoisotopic (exact) mass is 284 g/mol.